The molecule has 1 aliphatic rings. The quantitative estimate of drug-likeness (QED) is 0.526. The summed E-state index contributed by atoms with van der Waals surface area (Å²) in [5.41, 5.74) is 3.43. The molecule has 0 amide bonds. The molecule has 4 nitrogen and oxygen atoms in total. The van der Waals surface area contributed by atoms with E-state index in [9.17, 15) is 4.79 Å². The van der Waals surface area contributed by atoms with Crippen LogP contribution >= 0.6 is 11.8 Å². The van der Waals surface area contributed by atoms with E-state index in [-0.39, 0.29) is 5.69 Å². The zero-order chi connectivity index (χ0) is 16.4. The summed E-state index contributed by atoms with van der Waals surface area (Å²) in [5, 5.41) is 0.895. The van der Waals surface area contributed by atoms with E-state index in [0.29, 0.717) is 6.54 Å². The van der Waals surface area contributed by atoms with Crippen molar-refractivity contribution >= 4 is 11.8 Å². The molecule has 0 atom stereocenters. The van der Waals surface area contributed by atoms with E-state index in [4.69, 9.17) is 4.42 Å². The summed E-state index contributed by atoms with van der Waals surface area (Å²) in [7, 11) is 0. The van der Waals surface area contributed by atoms with Crippen molar-refractivity contribution < 1.29 is 4.42 Å². The summed E-state index contributed by atoms with van der Waals surface area (Å²) >= 11 is 1.66. The number of aromatic nitrogens is 2. The van der Waals surface area contributed by atoms with Gasteiger partial charge in [0.05, 0.1) is 12.8 Å². The van der Waals surface area contributed by atoms with Gasteiger partial charge in [-0.2, -0.15) is 4.98 Å². The zero-order valence-corrected chi connectivity index (χ0v) is 14.1. The highest BCUT2D eigenvalue weighted by molar-refractivity contribution is 7.98. The fraction of sp³-hybridized carbons (Fsp3) is 0.263. The molecule has 5 heteroatoms. The van der Waals surface area contributed by atoms with Gasteiger partial charge >= 0.3 is 5.69 Å². The van der Waals surface area contributed by atoms with Crippen LogP contribution in [0, 0.1) is 0 Å². The maximum absolute atomic E-state index is 12.5. The molecule has 1 aliphatic carbocycles. The van der Waals surface area contributed by atoms with Crippen LogP contribution < -0.4 is 5.69 Å². The second-order valence-electron chi connectivity index (χ2n) is 5.92. The van der Waals surface area contributed by atoms with Gasteiger partial charge in [0.2, 0.25) is 0 Å². The lowest BCUT2D eigenvalue weighted by atomic mass is 10.2. The van der Waals surface area contributed by atoms with E-state index < -0.39 is 0 Å². The number of furan rings is 1. The molecule has 2 heterocycles. The summed E-state index contributed by atoms with van der Waals surface area (Å²) in [6.45, 7) is 0.463. The molecule has 24 heavy (non-hydrogen) atoms. The van der Waals surface area contributed by atoms with Crippen molar-refractivity contribution in [1.82, 2.24) is 9.55 Å². The third kappa shape index (κ3) is 3.04. The summed E-state index contributed by atoms with van der Waals surface area (Å²) < 4.78 is 7.17. The first-order valence-electron chi connectivity index (χ1n) is 8.13. The molecule has 0 aliphatic heterocycles. The van der Waals surface area contributed by atoms with Crippen molar-refractivity contribution in [2.24, 2.45) is 0 Å². The minimum absolute atomic E-state index is 0.178. The molecular weight excluding hydrogens is 320 g/mol. The lowest BCUT2D eigenvalue weighted by Gasteiger charge is -2.13. The fourth-order valence-corrected chi connectivity index (χ4v) is 4.19. The molecule has 2 aromatic heterocycles. The van der Waals surface area contributed by atoms with Crippen LogP contribution in [0.1, 0.15) is 29.0 Å². The average Bonchev–Trinajstić information content (AvgIpc) is 3.28. The van der Waals surface area contributed by atoms with E-state index in [2.05, 4.69) is 17.1 Å². The molecule has 122 valence electrons. The Bertz CT molecular complexity index is 886. The monoisotopic (exact) mass is 338 g/mol. The Balaban J connectivity index is 1.63. The number of rotatable bonds is 5. The van der Waals surface area contributed by atoms with Crippen LogP contribution in [0.25, 0.3) is 0 Å². The van der Waals surface area contributed by atoms with E-state index in [0.717, 1.165) is 41.5 Å². The average molecular weight is 338 g/mol. The Morgan fingerprint density at radius 3 is 2.79 bits per heavy atom. The van der Waals surface area contributed by atoms with E-state index in [1.54, 1.807) is 22.6 Å². The van der Waals surface area contributed by atoms with Gasteiger partial charge in [0.25, 0.3) is 0 Å². The van der Waals surface area contributed by atoms with Gasteiger partial charge < -0.3 is 4.42 Å². The maximum atomic E-state index is 12.5. The first kappa shape index (κ1) is 15.3. The largest absolute Gasteiger partial charge is 0.467 e. The van der Waals surface area contributed by atoms with E-state index >= 15 is 0 Å². The predicted molar refractivity (Wildman–Crippen MR) is 94.3 cm³/mol. The van der Waals surface area contributed by atoms with Crippen molar-refractivity contribution in [3.8, 4) is 0 Å². The summed E-state index contributed by atoms with van der Waals surface area (Å²) in [6.07, 6.45) is 4.65. The van der Waals surface area contributed by atoms with Crippen molar-refractivity contribution in [3.05, 3.63) is 81.8 Å². The zero-order valence-electron chi connectivity index (χ0n) is 13.3. The lowest BCUT2D eigenvalue weighted by Crippen LogP contribution is -2.27. The molecule has 0 fully saturated rings. The number of hydrogen-bond acceptors (Lipinski definition) is 4. The predicted octanol–water partition coefficient (Wildman–Crippen LogP) is 3.67. The fourth-order valence-electron chi connectivity index (χ4n) is 3.15. The van der Waals surface area contributed by atoms with E-state index in [1.165, 1.54) is 11.1 Å². The summed E-state index contributed by atoms with van der Waals surface area (Å²) in [6, 6.07) is 14.0. The minimum atomic E-state index is -0.178. The smallest absolute Gasteiger partial charge is 0.349 e. The first-order chi connectivity index (χ1) is 11.8. The van der Waals surface area contributed by atoms with Crippen LogP contribution in [0.5, 0.6) is 0 Å². The molecule has 0 saturated heterocycles. The molecule has 3 aromatic rings. The molecule has 0 saturated carbocycles. The third-order valence-electron chi connectivity index (χ3n) is 4.31. The molecule has 1 aromatic carbocycles. The number of benzene rings is 1. The van der Waals surface area contributed by atoms with Crippen molar-refractivity contribution in [1.29, 1.82) is 0 Å². The van der Waals surface area contributed by atoms with Crippen LogP contribution in [0.15, 0.2) is 63.0 Å². The Labute approximate surface area is 144 Å². The Hall–Kier alpha value is -2.27. The maximum Gasteiger partial charge on any atom is 0.349 e. The van der Waals surface area contributed by atoms with Crippen molar-refractivity contribution in [2.45, 2.75) is 36.6 Å². The highest BCUT2D eigenvalue weighted by Crippen LogP contribution is 2.31. The second kappa shape index (κ2) is 6.69. The van der Waals surface area contributed by atoms with Crippen LogP contribution in [-0.4, -0.2) is 9.55 Å². The highest BCUT2D eigenvalue weighted by atomic mass is 32.2. The van der Waals surface area contributed by atoms with Crippen LogP contribution in [-0.2, 0) is 25.1 Å². The second-order valence-corrected chi connectivity index (χ2v) is 6.88. The van der Waals surface area contributed by atoms with Gasteiger partial charge in [-0.25, -0.2) is 4.79 Å². The molecule has 4 rings (SSSR count). The van der Waals surface area contributed by atoms with E-state index in [1.807, 2.05) is 30.3 Å². The normalized spacial score (nSPS) is 13.2. The highest BCUT2D eigenvalue weighted by Gasteiger charge is 2.22. The van der Waals surface area contributed by atoms with Crippen LogP contribution in [0.2, 0.25) is 0 Å². The van der Waals surface area contributed by atoms with Gasteiger partial charge in [0.15, 0.2) is 0 Å². The number of nitrogens with zero attached hydrogens (tertiary/aromatic N) is 2. The van der Waals surface area contributed by atoms with Crippen molar-refractivity contribution in [3.63, 3.8) is 0 Å². The molecular formula is C19H18N2O2S. The molecule has 0 spiro atoms. The van der Waals surface area contributed by atoms with Crippen LogP contribution in [0.4, 0.5) is 0 Å². The van der Waals surface area contributed by atoms with Gasteiger partial charge in [-0.1, -0.05) is 30.3 Å². The summed E-state index contributed by atoms with van der Waals surface area (Å²) in [5.74, 6) is 1.62. The van der Waals surface area contributed by atoms with Crippen LogP contribution in [0.3, 0.4) is 0 Å². The third-order valence-corrected chi connectivity index (χ3v) is 5.40. The number of fused-ring (bicyclic) bond motifs is 1. The Morgan fingerprint density at radius 2 is 2.00 bits per heavy atom. The van der Waals surface area contributed by atoms with Gasteiger partial charge in [-0.3, -0.25) is 4.57 Å². The first-order valence-corrected chi connectivity index (χ1v) is 9.11. The lowest BCUT2D eigenvalue weighted by molar-refractivity contribution is 0.481. The Morgan fingerprint density at radius 1 is 1.12 bits per heavy atom. The summed E-state index contributed by atoms with van der Waals surface area (Å²) in [4.78, 5) is 16.9. The number of hydrogen-bond donors (Lipinski definition) is 0. The number of thioether (sulfide) groups is 1. The van der Waals surface area contributed by atoms with Crippen molar-refractivity contribution in [2.75, 3.05) is 0 Å². The topological polar surface area (TPSA) is 48.0 Å². The van der Waals surface area contributed by atoms with Gasteiger partial charge in [0, 0.05) is 17.0 Å². The van der Waals surface area contributed by atoms with Gasteiger partial charge in [0.1, 0.15) is 10.8 Å². The molecule has 0 radical (unpaired) electrons. The minimum Gasteiger partial charge on any atom is -0.467 e. The SMILES string of the molecule is O=c1nc(SCc2ccccc2)c2c(n1Cc1ccco1)CCC2. The van der Waals surface area contributed by atoms with Gasteiger partial charge in [-0.05, 0) is 37.0 Å². The molecule has 0 N–H and O–H groups in total. The molecule has 0 unspecified atom stereocenters. The standard InChI is InChI=1S/C19H18N2O2S/c22-19-20-18(24-13-14-6-2-1-3-7-14)16-9-4-10-17(16)21(19)12-15-8-5-11-23-15/h1-3,5-8,11H,4,9-10,12-13H2. The Kier molecular flexibility index (Phi) is 4.26. The molecule has 0 bridgehead atoms. The van der Waals surface area contributed by atoms with Gasteiger partial charge in [-0.15, -0.1) is 11.8 Å².